The van der Waals surface area contributed by atoms with Crippen LogP contribution in [0, 0.1) is 17.0 Å². The van der Waals surface area contributed by atoms with Crippen LogP contribution in [0.25, 0.3) is 17.1 Å². The Hall–Kier alpha value is -3.33. The second-order valence-electron chi connectivity index (χ2n) is 5.16. The Morgan fingerprint density at radius 3 is 2.60 bits per heavy atom. The molecule has 0 radical (unpaired) electrons. The van der Waals surface area contributed by atoms with Gasteiger partial charge >= 0.3 is 5.97 Å². The second kappa shape index (κ2) is 6.29. The van der Waals surface area contributed by atoms with Gasteiger partial charge < -0.3 is 5.11 Å². The molecule has 0 aliphatic carbocycles. The number of hydrogen-bond donors (Lipinski definition) is 1. The van der Waals surface area contributed by atoms with E-state index in [0.717, 1.165) is 11.3 Å². The van der Waals surface area contributed by atoms with Crippen LogP contribution in [0.4, 0.5) is 5.69 Å². The lowest BCUT2D eigenvalue weighted by Crippen LogP contribution is -2.17. The van der Waals surface area contributed by atoms with Crippen molar-refractivity contribution in [1.29, 1.82) is 0 Å². The highest BCUT2D eigenvalue weighted by molar-refractivity contribution is 7.18. The molecule has 2 aromatic heterocycles. The van der Waals surface area contributed by atoms with Crippen LogP contribution in [-0.2, 0) is 0 Å². The van der Waals surface area contributed by atoms with Crippen LogP contribution in [0.3, 0.4) is 0 Å². The molecule has 1 N–H and O–H groups in total. The minimum absolute atomic E-state index is 0.00842. The van der Waals surface area contributed by atoms with E-state index in [1.165, 1.54) is 22.7 Å². The summed E-state index contributed by atoms with van der Waals surface area (Å²) in [7, 11) is 0. The number of aromatic nitrogens is 2. The maximum atomic E-state index is 12.3. The summed E-state index contributed by atoms with van der Waals surface area (Å²) in [6, 6.07) is 5.94. The number of hydrogen-bond acceptors (Lipinski definition) is 6. The van der Waals surface area contributed by atoms with Crippen LogP contribution in [0.15, 0.2) is 35.3 Å². The van der Waals surface area contributed by atoms with Crippen LogP contribution in [0.1, 0.15) is 26.5 Å². The number of rotatable bonds is 4. The Morgan fingerprint density at radius 2 is 2.00 bits per heavy atom. The zero-order valence-corrected chi connectivity index (χ0v) is 13.7. The topological polar surface area (TPSA) is 115 Å². The summed E-state index contributed by atoms with van der Waals surface area (Å²) < 4.78 is 1.21. The average molecular weight is 357 g/mol. The van der Waals surface area contributed by atoms with Crippen LogP contribution in [-0.4, -0.2) is 25.4 Å². The van der Waals surface area contributed by atoms with Crippen molar-refractivity contribution >= 4 is 40.1 Å². The molecule has 0 aliphatic rings. The van der Waals surface area contributed by atoms with Gasteiger partial charge in [0.2, 0.25) is 0 Å². The summed E-state index contributed by atoms with van der Waals surface area (Å²) in [4.78, 5) is 38.2. The predicted octanol–water partition coefficient (Wildman–Crippen LogP) is 2.84. The first-order chi connectivity index (χ1) is 11.9. The van der Waals surface area contributed by atoms with Gasteiger partial charge in [0.15, 0.2) is 4.96 Å². The van der Waals surface area contributed by atoms with E-state index in [4.69, 9.17) is 5.11 Å². The summed E-state index contributed by atoms with van der Waals surface area (Å²) in [5.41, 5.74) is 1.17. The Kier molecular flexibility index (Phi) is 4.15. The van der Waals surface area contributed by atoms with Gasteiger partial charge in [-0.05, 0) is 30.7 Å². The Morgan fingerprint density at radius 1 is 1.32 bits per heavy atom. The highest BCUT2D eigenvalue weighted by Gasteiger charge is 2.13. The largest absolute Gasteiger partial charge is 0.477 e. The average Bonchev–Trinajstić information content (AvgIpc) is 3.02. The van der Waals surface area contributed by atoms with Crippen molar-refractivity contribution in [3.8, 4) is 0 Å². The van der Waals surface area contributed by atoms with Crippen molar-refractivity contribution in [2.24, 2.45) is 0 Å². The molecule has 8 nitrogen and oxygen atoms in total. The third-order valence-electron chi connectivity index (χ3n) is 3.54. The molecule has 126 valence electrons. The van der Waals surface area contributed by atoms with Gasteiger partial charge in [0.25, 0.3) is 11.2 Å². The monoisotopic (exact) mass is 357 g/mol. The Balaban J connectivity index is 2.00. The maximum Gasteiger partial charge on any atom is 0.347 e. The summed E-state index contributed by atoms with van der Waals surface area (Å²) in [5.74, 6) is -1.12. The standard InChI is InChI=1S/C16H11N3O5S/c1-9-12(7-4-10-2-5-11(6-3-10)19(23)24)17-16-18(14(9)20)8-13(25-16)15(21)22/h2-8H,1H3,(H,21,22). The van der Waals surface area contributed by atoms with E-state index in [1.807, 2.05) is 0 Å². The van der Waals surface area contributed by atoms with Gasteiger partial charge in [-0.2, -0.15) is 0 Å². The lowest BCUT2D eigenvalue weighted by molar-refractivity contribution is -0.384. The fourth-order valence-electron chi connectivity index (χ4n) is 2.19. The van der Waals surface area contributed by atoms with Crippen LogP contribution in [0.5, 0.6) is 0 Å². The van der Waals surface area contributed by atoms with Gasteiger partial charge in [-0.3, -0.25) is 19.3 Å². The van der Waals surface area contributed by atoms with E-state index >= 15 is 0 Å². The first-order valence-corrected chi connectivity index (χ1v) is 7.87. The van der Waals surface area contributed by atoms with Crippen molar-refractivity contribution in [2.45, 2.75) is 6.92 Å². The third-order valence-corrected chi connectivity index (χ3v) is 4.51. The molecule has 0 spiro atoms. The van der Waals surface area contributed by atoms with Gasteiger partial charge in [-0.15, -0.1) is 0 Å². The van der Waals surface area contributed by atoms with Gasteiger partial charge in [0.1, 0.15) is 4.88 Å². The minimum atomic E-state index is -1.12. The molecule has 3 aromatic rings. The number of thiazole rings is 1. The summed E-state index contributed by atoms with van der Waals surface area (Å²) in [6.45, 7) is 1.61. The van der Waals surface area contributed by atoms with Gasteiger partial charge in [-0.25, -0.2) is 9.78 Å². The number of nitrogens with zero attached hydrogens (tertiary/aromatic N) is 3. The first kappa shape index (κ1) is 16.5. The van der Waals surface area contributed by atoms with Crippen LogP contribution in [0.2, 0.25) is 0 Å². The molecule has 0 aliphatic heterocycles. The summed E-state index contributed by atoms with van der Waals surface area (Å²) in [5, 5.41) is 19.7. The first-order valence-electron chi connectivity index (χ1n) is 7.05. The minimum Gasteiger partial charge on any atom is -0.477 e. The van der Waals surface area contributed by atoms with Gasteiger partial charge in [-0.1, -0.05) is 17.4 Å². The van der Waals surface area contributed by atoms with E-state index in [-0.39, 0.29) is 21.1 Å². The molecule has 2 heterocycles. The molecule has 9 heteroatoms. The van der Waals surface area contributed by atoms with Crippen molar-refractivity contribution in [1.82, 2.24) is 9.38 Å². The molecule has 0 saturated heterocycles. The number of nitro benzene ring substituents is 1. The molecule has 0 unspecified atom stereocenters. The predicted molar refractivity (Wildman–Crippen MR) is 93.1 cm³/mol. The van der Waals surface area contributed by atoms with Crippen molar-refractivity contribution in [2.75, 3.05) is 0 Å². The smallest absolute Gasteiger partial charge is 0.347 e. The highest BCUT2D eigenvalue weighted by Crippen LogP contribution is 2.18. The molecule has 3 rings (SSSR count). The SMILES string of the molecule is Cc1c(C=Cc2ccc([N+](=O)[O-])cc2)nc2sc(C(=O)O)cn2c1=O. The number of non-ortho nitro benzene ring substituents is 1. The molecule has 25 heavy (non-hydrogen) atoms. The van der Waals surface area contributed by atoms with Crippen molar-refractivity contribution in [3.05, 3.63) is 72.6 Å². The van der Waals surface area contributed by atoms with E-state index < -0.39 is 10.9 Å². The zero-order valence-electron chi connectivity index (χ0n) is 12.9. The van der Waals surface area contributed by atoms with E-state index in [9.17, 15) is 19.7 Å². The quantitative estimate of drug-likeness (QED) is 0.567. The fraction of sp³-hybridized carbons (Fsp3) is 0.0625. The van der Waals surface area contributed by atoms with E-state index in [2.05, 4.69) is 4.98 Å². The number of fused-ring (bicyclic) bond motifs is 1. The molecule has 0 saturated carbocycles. The van der Waals surface area contributed by atoms with Crippen molar-refractivity contribution < 1.29 is 14.8 Å². The summed E-state index contributed by atoms with van der Waals surface area (Å²) >= 11 is 0.913. The van der Waals surface area contributed by atoms with E-state index in [1.54, 1.807) is 31.2 Å². The number of benzene rings is 1. The molecular formula is C16H11N3O5S. The lowest BCUT2D eigenvalue weighted by Gasteiger charge is -2.00. The van der Waals surface area contributed by atoms with Gasteiger partial charge in [0, 0.05) is 23.9 Å². The number of carbonyl (C=O) groups is 1. The molecule has 0 bridgehead atoms. The highest BCUT2D eigenvalue weighted by atomic mass is 32.1. The molecule has 1 aromatic carbocycles. The maximum absolute atomic E-state index is 12.3. The lowest BCUT2D eigenvalue weighted by atomic mass is 10.1. The second-order valence-corrected chi connectivity index (χ2v) is 6.17. The zero-order chi connectivity index (χ0) is 18.1. The molecular weight excluding hydrogens is 346 g/mol. The summed E-state index contributed by atoms with van der Waals surface area (Å²) in [6.07, 6.45) is 4.56. The number of aromatic carboxylic acids is 1. The van der Waals surface area contributed by atoms with Crippen LogP contribution < -0.4 is 5.56 Å². The Labute approximate surface area is 144 Å². The molecule has 0 amide bonds. The number of nitro groups is 1. The Bertz CT molecular complexity index is 1080. The molecule has 0 atom stereocenters. The van der Waals surface area contributed by atoms with Crippen molar-refractivity contribution in [3.63, 3.8) is 0 Å². The fourth-order valence-corrected chi connectivity index (χ4v) is 3.01. The third kappa shape index (κ3) is 3.17. The normalized spacial score (nSPS) is 11.2. The molecule has 0 fully saturated rings. The number of carboxylic acids is 1. The van der Waals surface area contributed by atoms with E-state index in [0.29, 0.717) is 16.8 Å². The number of carboxylic acid groups (broad SMARTS) is 1. The van der Waals surface area contributed by atoms with Gasteiger partial charge in [0.05, 0.1) is 10.6 Å². The van der Waals surface area contributed by atoms with Crippen LogP contribution >= 0.6 is 11.3 Å².